The Morgan fingerprint density at radius 2 is 2.21 bits per heavy atom. The molecule has 0 N–H and O–H groups in total. The molecule has 0 radical (unpaired) electrons. The zero-order chi connectivity index (χ0) is 14.3. The predicted molar refractivity (Wildman–Crippen MR) is 68.8 cm³/mol. The van der Waals surface area contributed by atoms with Gasteiger partial charge in [0.05, 0.1) is 22.7 Å². The minimum atomic E-state index is -0.603. The lowest BCUT2D eigenvalue weighted by Gasteiger charge is -2.03. The van der Waals surface area contributed by atoms with Crippen LogP contribution in [0.4, 0.5) is 5.69 Å². The fourth-order valence-corrected chi connectivity index (χ4v) is 1.43. The molecule has 0 bridgehead atoms. The molecule has 0 atom stereocenters. The highest BCUT2D eigenvalue weighted by Gasteiger charge is 2.16. The highest BCUT2D eigenvalue weighted by Crippen LogP contribution is 2.22. The largest absolute Gasteiger partial charge is 0.462 e. The molecule has 1 rings (SSSR count). The van der Waals surface area contributed by atoms with E-state index in [1.54, 1.807) is 6.92 Å². The molecule has 0 aliphatic rings. The monoisotopic (exact) mass is 263 g/mol. The summed E-state index contributed by atoms with van der Waals surface area (Å²) in [7, 11) is 0. The summed E-state index contributed by atoms with van der Waals surface area (Å²) in [5.41, 5.74) is 0.258. The van der Waals surface area contributed by atoms with E-state index in [-0.39, 0.29) is 24.3 Å². The normalized spacial score (nSPS) is 10.4. The van der Waals surface area contributed by atoms with Crippen molar-refractivity contribution in [3.63, 3.8) is 0 Å². The molecule has 6 heteroatoms. The number of nitrogens with zero attached hydrogens (tertiary/aromatic N) is 1. The van der Waals surface area contributed by atoms with Gasteiger partial charge in [-0.3, -0.25) is 10.1 Å². The van der Waals surface area contributed by atoms with Gasteiger partial charge in [0, 0.05) is 12.5 Å². The van der Waals surface area contributed by atoms with Gasteiger partial charge in [-0.25, -0.2) is 4.79 Å². The van der Waals surface area contributed by atoms with Crippen molar-refractivity contribution < 1.29 is 19.2 Å². The molecule has 0 amide bonds. The molecular formula is C13H13NO5. The Balaban J connectivity index is 3.11. The van der Waals surface area contributed by atoms with E-state index in [2.05, 4.69) is 0 Å². The number of rotatable bonds is 6. The van der Waals surface area contributed by atoms with Gasteiger partial charge in [0.25, 0.3) is 5.69 Å². The highest BCUT2D eigenvalue weighted by molar-refractivity contribution is 5.90. The van der Waals surface area contributed by atoms with E-state index < -0.39 is 10.9 Å². The SMILES string of the molecule is CCOC(=O)c1ccc(C=CCC=O)c([N+](=O)[O-])c1. The molecule has 1 aromatic carbocycles. The van der Waals surface area contributed by atoms with Crippen LogP contribution in [0, 0.1) is 10.1 Å². The van der Waals surface area contributed by atoms with Gasteiger partial charge in [-0.05, 0) is 19.1 Å². The van der Waals surface area contributed by atoms with Crippen LogP contribution < -0.4 is 0 Å². The van der Waals surface area contributed by atoms with Crippen LogP contribution in [0.5, 0.6) is 0 Å². The molecule has 0 aromatic heterocycles. The van der Waals surface area contributed by atoms with Gasteiger partial charge in [0.2, 0.25) is 0 Å². The van der Waals surface area contributed by atoms with E-state index >= 15 is 0 Å². The third-order valence-corrected chi connectivity index (χ3v) is 2.27. The Morgan fingerprint density at radius 1 is 1.47 bits per heavy atom. The first kappa shape index (κ1) is 14.6. The summed E-state index contributed by atoms with van der Waals surface area (Å²) in [6.07, 6.45) is 3.85. The van der Waals surface area contributed by atoms with E-state index in [4.69, 9.17) is 4.74 Å². The van der Waals surface area contributed by atoms with Crippen LogP contribution in [0.3, 0.4) is 0 Å². The number of esters is 1. The average molecular weight is 263 g/mol. The molecule has 0 saturated heterocycles. The summed E-state index contributed by atoms with van der Waals surface area (Å²) in [5.74, 6) is -0.603. The van der Waals surface area contributed by atoms with Crippen LogP contribution in [-0.4, -0.2) is 23.8 Å². The van der Waals surface area contributed by atoms with Crippen molar-refractivity contribution in [1.29, 1.82) is 0 Å². The first-order valence-electron chi connectivity index (χ1n) is 5.66. The van der Waals surface area contributed by atoms with Gasteiger partial charge in [-0.2, -0.15) is 0 Å². The zero-order valence-electron chi connectivity index (χ0n) is 10.4. The van der Waals surface area contributed by atoms with Crippen LogP contribution in [-0.2, 0) is 9.53 Å². The summed E-state index contributed by atoms with van der Waals surface area (Å²) in [6, 6.07) is 4.07. The third kappa shape index (κ3) is 4.02. The number of benzene rings is 1. The number of ether oxygens (including phenoxy) is 1. The van der Waals surface area contributed by atoms with Gasteiger partial charge < -0.3 is 9.53 Å². The summed E-state index contributed by atoms with van der Waals surface area (Å²) < 4.78 is 4.78. The fraction of sp³-hybridized carbons (Fsp3) is 0.231. The molecule has 0 unspecified atom stereocenters. The molecular weight excluding hydrogens is 250 g/mol. The van der Waals surface area contributed by atoms with Crippen LogP contribution in [0.25, 0.3) is 6.08 Å². The second kappa shape index (κ2) is 7.05. The molecule has 0 saturated carbocycles. The van der Waals surface area contributed by atoms with Gasteiger partial charge in [0.1, 0.15) is 6.29 Å². The maximum absolute atomic E-state index is 11.5. The van der Waals surface area contributed by atoms with Crippen LogP contribution in [0.1, 0.15) is 29.3 Å². The lowest BCUT2D eigenvalue weighted by Crippen LogP contribution is -2.05. The van der Waals surface area contributed by atoms with Crippen molar-refractivity contribution in [1.82, 2.24) is 0 Å². The second-order valence-electron chi connectivity index (χ2n) is 3.56. The first-order valence-corrected chi connectivity index (χ1v) is 5.66. The zero-order valence-corrected chi connectivity index (χ0v) is 10.4. The first-order chi connectivity index (χ1) is 9.10. The third-order valence-electron chi connectivity index (χ3n) is 2.27. The number of aldehydes is 1. The molecule has 1 aromatic rings. The second-order valence-corrected chi connectivity index (χ2v) is 3.56. The van der Waals surface area contributed by atoms with Crippen LogP contribution >= 0.6 is 0 Å². The number of hydrogen-bond donors (Lipinski definition) is 0. The predicted octanol–water partition coefficient (Wildman–Crippen LogP) is 2.37. The van der Waals surface area contributed by atoms with E-state index in [9.17, 15) is 19.7 Å². The Hall–Kier alpha value is -2.50. The van der Waals surface area contributed by atoms with Gasteiger partial charge in [-0.1, -0.05) is 12.2 Å². The summed E-state index contributed by atoms with van der Waals surface area (Å²) in [5, 5.41) is 10.9. The maximum Gasteiger partial charge on any atom is 0.338 e. The molecule has 100 valence electrons. The number of nitro benzene ring substituents is 1. The molecule has 0 heterocycles. The van der Waals surface area contributed by atoms with Gasteiger partial charge in [-0.15, -0.1) is 0 Å². The molecule has 0 aliphatic heterocycles. The molecule has 6 nitrogen and oxygen atoms in total. The smallest absolute Gasteiger partial charge is 0.338 e. The number of allylic oxidation sites excluding steroid dienone is 1. The van der Waals surface area contributed by atoms with Crippen LogP contribution in [0.2, 0.25) is 0 Å². The van der Waals surface area contributed by atoms with Crippen molar-refractivity contribution in [2.24, 2.45) is 0 Å². The Kier molecular flexibility index (Phi) is 5.40. The number of nitro groups is 1. The van der Waals surface area contributed by atoms with E-state index in [0.29, 0.717) is 11.8 Å². The molecule has 19 heavy (non-hydrogen) atoms. The van der Waals surface area contributed by atoms with Crippen molar-refractivity contribution in [3.8, 4) is 0 Å². The topological polar surface area (TPSA) is 86.5 Å². The minimum absolute atomic E-state index is 0.126. The lowest BCUT2D eigenvalue weighted by atomic mass is 10.1. The summed E-state index contributed by atoms with van der Waals surface area (Å²) in [4.78, 5) is 32.0. The van der Waals surface area contributed by atoms with Crippen molar-refractivity contribution in [2.75, 3.05) is 6.61 Å². The number of carbonyl (C=O) groups is 2. The van der Waals surface area contributed by atoms with Crippen molar-refractivity contribution in [2.45, 2.75) is 13.3 Å². The highest BCUT2D eigenvalue weighted by atomic mass is 16.6. The molecule has 0 spiro atoms. The Morgan fingerprint density at radius 3 is 2.79 bits per heavy atom. The quantitative estimate of drug-likeness (QED) is 0.340. The average Bonchev–Trinajstić information content (AvgIpc) is 2.39. The summed E-state index contributed by atoms with van der Waals surface area (Å²) in [6.45, 7) is 1.86. The standard InChI is InChI=1S/C13H13NO5/c1-2-19-13(16)11-7-6-10(5-3-4-8-15)12(9-11)14(17)18/h3,5-9H,2,4H2,1H3. The molecule has 0 fully saturated rings. The van der Waals surface area contributed by atoms with Crippen LogP contribution in [0.15, 0.2) is 24.3 Å². The Labute approximate surface area is 109 Å². The minimum Gasteiger partial charge on any atom is -0.462 e. The van der Waals surface area contributed by atoms with Gasteiger partial charge >= 0.3 is 5.97 Å². The fourth-order valence-electron chi connectivity index (χ4n) is 1.43. The van der Waals surface area contributed by atoms with E-state index in [1.165, 1.54) is 30.4 Å². The summed E-state index contributed by atoms with van der Waals surface area (Å²) >= 11 is 0. The van der Waals surface area contributed by atoms with Gasteiger partial charge in [0.15, 0.2) is 0 Å². The van der Waals surface area contributed by atoms with E-state index in [0.717, 1.165) is 0 Å². The van der Waals surface area contributed by atoms with E-state index in [1.807, 2.05) is 0 Å². The lowest BCUT2D eigenvalue weighted by molar-refractivity contribution is -0.385. The maximum atomic E-state index is 11.5. The number of carbonyl (C=O) groups excluding carboxylic acids is 2. The molecule has 0 aliphatic carbocycles. The Bertz CT molecular complexity index is 522. The van der Waals surface area contributed by atoms with Crippen molar-refractivity contribution in [3.05, 3.63) is 45.5 Å². The van der Waals surface area contributed by atoms with Crippen molar-refractivity contribution >= 4 is 24.0 Å². The number of hydrogen-bond acceptors (Lipinski definition) is 5.